The fraction of sp³-hybridized carbons (Fsp3) is 0.364. The molecule has 0 saturated carbocycles. The van der Waals surface area contributed by atoms with Gasteiger partial charge >= 0.3 is 6.09 Å². The van der Waals surface area contributed by atoms with Crippen molar-refractivity contribution in [2.24, 2.45) is 5.73 Å². The van der Waals surface area contributed by atoms with Crippen LogP contribution in [0.4, 0.5) is 9.18 Å². The second kappa shape index (κ2) is 6.07. The Morgan fingerprint density at radius 3 is 2.56 bits per heavy atom. The van der Waals surface area contributed by atoms with Gasteiger partial charge in [-0.15, -0.1) is 0 Å². The third kappa shape index (κ3) is 3.86. The zero-order chi connectivity index (χ0) is 12.0. The Morgan fingerprint density at radius 2 is 2.06 bits per heavy atom. The van der Waals surface area contributed by atoms with Crippen LogP contribution in [0, 0.1) is 5.82 Å². The van der Waals surface area contributed by atoms with E-state index in [-0.39, 0.29) is 5.82 Å². The topological polar surface area (TPSA) is 61.6 Å². The van der Waals surface area contributed by atoms with Crippen molar-refractivity contribution in [1.82, 2.24) is 0 Å². The molecule has 0 unspecified atom stereocenters. The molecule has 0 radical (unpaired) electrons. The molecule has 1 aromatic rings. The summed E-state index contributed by atoms with van der Waals surface area (Å²) < 4.78 is 22.5. The number of hydrogen-bond acceptors (Lipinski definition) is 3. The highest BCUT2D eigenvalue weighted by atomic mass is 19.1. The normalized spacial score (nSPS) is 12.1. The van der Waals surface area contributed by atoms with Gasteiger partial charge in [0.1, 0.15) is 11.9 Å². The number of nitrogens with two attached hydrogens (primary N) is 1. The van der Waals surface area contributed by atoms with Crippen LogP contribution < -0.4 is 5.73 Å². The number of carbonyl (C=O) groups excluding carboxylic acids is 1. The third-order valence-corrected chi connectivity index (χ3v) is 2.08. The van der Waals surface area contributed by atoms with E-state index in [4.69, 9.17) is 15.2 Å². The number of amides is 1. The largest absolute Gasteiger partial charge is 0.441 e. The number of halogens is 1. The van der Waals surface area contributed by atoms with Crippen molar-refractivity contribution in [2.75, 3.05) is 13.7 Å². The summed E-state index contributed by atoms with van der Waals surface area (Å²) in [5.74, 6) is -0.340. The summed E-state index contributed by atoms with van der Waals surface area (Å²) in [6.45, 7) is 0.426. The fourth-order valence-corrected chi connectivity index (χ4v) is 1.34. The minimum absolute atomic E-state index is 0.340. The molecule has 0 fully saturated rings. The van der Waals surface area contributed by atoms with Crippen molar-refractivity contribution in [3.05, 3.63) is 35.6 Å². The van der Waals surface area contributed by atoms with Crippen LogP contribution in [0.3, 0.4) is 0 Å². The van der Waals surface area contributed by atoms with Gasteiger partial charge in [0, 0.05) is 13.5 Å². The third-order valence-electron chi connectivity index (χ3n) is 2.08. The molecule has 1 amide bonds. The van der Waals surface area contributed by atoms with Crippen LogP contribution in [0.1, 0.15) is 18.1 Å². The standard InChI is InChI=1S/C11H14FNO3/c1-15-7-6-10(16-11(13)14)8-2-4-9(12)5-3-8/h2-5,10H,6-7H2,1H3,(H2,13,14)/t10-/m1/s1. The van der Waals surface area contributed by atoms with Gasteiger partial charge in [-0.25, -0.2) is 9.18 Å². The molecule has 0 bridgehead atoms. The first-order valence-electron chi connectivity index (χ1n) is 4.84. The highest BCUT2D eigenvalue weighted by Gasteiger charge is 2.14. The Labute approximate surface area is 93.2 Å². The second-order valence-corrected chi connectivity index (χ2v) is 3.26. The first-order valence-corrected chi connectivity index (χ1v) is 4.84. The predicted molar refractivity (Wildman–Crippen MR) is 56.3 cm³/mol. The lowest BCUT2D eigenvalue weighted by Gasteiger charge is -2.16. The van der Waals surface area contributed by atoms with Crippen molar-refractivity contribution in [3.63, 3.8) is 0 Å². The monoisotopic (exact) mass is 227 g/mol. The molecule has 0 aliphatic heterocycles. The Bertz CT molecular complexity index is 340. The molecular weight excluding hydrogens is 213 g/mol. The van der Waals surface area contributed by atoms with E-state index >= 15 is 0 Å². The van der Waals surface area contributed by atoms with Crippen LogP contribution in [-0.2, 0) is 9.47 Å². The van der Waals surface area contributed by atoms with Gasteiger partial charge in [0.25, 0.3) is 0 Å². The number of hydrogen-bond donors (Lipinski definition) is 1. The van der Waals surface area contributed by atoms with E-state index in [9.17, 15) is 9.18 Å². The number of benzene rings is 1. The van der Waals surface area contributed by atoms with E-state index in [0.29, 0.717) is 18.6 Å². The van der Waals surface area contributed by atoms with Crippen LogP contribution in [0.5, 0.6) is 0 Å². The summed E-state index contributed by atoms with van der Waals surface area (Å²) in [6.07, 6.45) is -0.881. The molecule has 4 nitrogen and oxygen atoms in total. The van der Waals surface area contributed by atoms with Crippen LogP contribution in [0.25, 0.3) is 0 Å². The lowest BCUT2D eigenvalue weighted by molar-refractivity contribution is 0.0776. The quantitative estimate of drug-likeness (QED) is 0.836. The van der Waals surface area contributed by atoms with Crippen LogP contribution in [-0.4, -0.2) is 19.8 Å². The Kier molecular flexibility index (Phi) is 4.72. The SMILES string of the molecule is COCC[C@@H](OC(N)=O)c1ccc(F)cc1. The lowest BCUT2D eigenvalue weighted by atomic mass is 10.1. The summed E-state index contributed by atoms with van der Waals surface area (Å²) >= 11 is 0. The van der Waals surface area contributed by atoms with Gasteiger partial charge in [-0.3, -0.25) is 0 Å². The number of primary amides is 1. The van der Waals surface area contributed by atoms with Crippen molar-refractivity contribution in [3.8, 4) is 0 Å². The minimum Gasteiger partial charge on any atom is -0.441 e. The summed E-state index contributed by atoms with van der Waals surface area (Å²) in [4.78, 5) is 10.7. The number of ether oxygens (including phenoxy) is 2. The molecule has 0 aliphatic carbocycles. The first-order chi connectivity index (χ1) is 7.63. The number of rotatable bonds is 5. The van der Waals surface area contributed by atoms with Crippen LogP contribution >= 0.6 is 0 Å². The maximum atomic E-state index is 12.7. The molecule has 16 heavy (non-hydrogen) atoms. The molecule has 88 valence electrons. The molecule has 0 heterocycles. The van der Waals surface area contributed by atoms with Gasteiger partial charge in [-0.2, -0.15) is 0 Å². The summed E-state index contributed by atoms with van der Waals surface area (Å²) in [5, 5.41) is 0. The van der Waals surface area contributed by atoms with Gasteiger partial charge in [-0.1, -0.05) is 12.1 Å². The fourth-order valence-electron chi connectivity index (χ4n) is 1.34. The summed E-state index contributed by atoms with van der Waals surface area (Å²) in [6, 6.07) is 5.72. The van der Waals surface area contributed by atoms with E-state index in [1.165, 1.54) is 12.1 Å². The minimum atomic E-state index is -0.856. The molecule has 0 aliphatic rings. The summed E-state index contributed by atoms with van der Waals surface area (Å²) in [7, 11) is 1.55. The van der Waals surface area contributed by atoms with Gasteiger partial charge in [0.05, 0.1) is 6.61 Å². The molecule has 0 saturated heterocycles. The van der Waals surface area contributed by atoms with E-state index in [0.717, 1.165) is 0 Å². The zero-order valence-corrected chi connectivity index (χ0v) is 8.98. The first kappa shape index (κ1) is 12.4. The summed E-state index contributed by atoms with van der Waals surface area (Å²) in [5.41, 5.74) is 5.65. The zero-order valence-electron chi connectivity index (χ0n) is 8.98. The molecule has 0 spiro atoms. The highest BCUT2D eigenvalue weighted by Crippen LogP contribution is 2.21. The maximum absolute atomic E-state index is 12.7. The maximum Gasteiger partial charge on any atom is 0.405 e. The van der Waals surface area contributed by atoms with Crippen molar-refractivity contribution in [2.45, 2.75) is 12.5 Å². The Balaban J connectivity index is 2.74. The average Bonchev–Trinajstić information content (AvgIpc) is 2.25. The van der Waals surface area contributed by atoms with Crippen LogP contribution in [0.2, 0.25) is 0 Å². The van der Waals surface area contributed by atoms with Gasteiger partial charge in [-0.05, 0) is 17.7 Å². The van der Waals surface area contributed by atoms with E-state index in [2.05, 4.69) is 0 Å². The second-order valence-electron chi connectivity index (χ2n) is 3.26. The van der Waals surface area contributed by atoms with Gasteiger partial charge < -0.3 is 15.2 Å². The lowest BCUT2D eigenvalue weighted by Crippen LogP contribution is -2.18. The van der Waals surface area contributed by atoms with Crippen molar-refractivity contribution in [1.29, 1.82) is 0 Å². The average molecular weight is 227 g/mol. The van der Waals surface area contributed by atoms with Crippen molar-refractivity contribution >= 4 is 6.09 Å². The van der Waals surface area contributed by atoms with Crippen molar-refractivity contribution < 1.29 is 18.7 Å². The number of carbonyl (C=O) groups is 1. The molecule has 1 atom stereocenters. The molecule has 1 rings (SSSR count). The molecular formula is C11H14FNO3. The van der Waals surface area contributed by atoms with Crippen LogP contribution in [0.15, 0.2) is 24.3 Å². The molecule has 1 aromatic carbocycles. The van der Waals surface area contributed by atoms with E-state index in [1.54, 1.807) is 19.2 Å². The molecule has 2 N–H and O–H groups in total. The highest BCUT2D eigenvalue weighted by molar-refractivity contribution is 5.65. The van der Waals surface area contributed by atoms with E-state index in [1.807, 2.05) is 0 Å². The van der Waals surface area contributed by atoms with Gasteiger partial charge in [0.15, 0.2) is 0 Å². The predicted octanol–water partition coefficient (Wildman–Crippen LogP) is 2.00. The number of methoxy groups -OCH3 is 1. The molecule has 5 heteroatoms. The van der Waals surface area contributed by atoms with Gasteiger partial charge in [0.2, 0.25) is 0 Å². The molecule has 0 aromatic heterocycles. The Morgan fingerprint density at radius 1 is 1.44 bits per heavy atom. The van der Waals surface area contributed by atoms with E-state index < -0.39 is 12.2 Å². The smallest absolute Gasteiger partial charge is 0.405 e. The Hall–Kier alpha value is -1.62.